The maximum absolute atomic E-state index is 16.4. The van der Waals surface area contributed by atoms with E-state index in [-0.39, 0.29) is 27.8 Å². The Bertz CT molecular complexity index is 1600. The molecule has 3 aromatic rings. The van der Waals surface area contributed by atoms with Gasteiger partial charge in [-0.2, -0.15) is 10.1 Å². The average molecular weight is 566 g/mol. The minimum atomic E-state index is -0.560. The molecule has 210 valence electrons. The first-order valence-electron chi connectivity index (χ1n) is 13.1. The number of hydrogen-bond acceptors (Lipinski definition) is 8. The monoisotopic (exact) mass is 565 g/mol. The molecular formula is C28H33ClFN9O. The van der Waals surface area contributed by atoms with Gasteiger partial charge in [0.2, 0.25) is 11.9 Å². The molecule has 0 atom stereocenters. The number of nitrogens with two attached hydrogens (primary N) is 1. The third-order valence-electron chi connectivity index (χ3n) is 7.43. The number of nitrogens with one attached hydrogen (secondary N) is 1. The smallest absolute Gasteiger partial charge is 0.246 e. The third-order valence-corrected chi connectivity index (χ3v) is 7.75. The number of benzene rings is 1. The van der Waals surface area contributed by atoms with Gasteiger partial charge in [-0.15, -0.1) is 0 Å². The van der Waals surface area contributed by atoms with Crippen molar-refractivity contribution >= 4 is 58.1 Å². The van der Waals surface area contributed by atoms with Crippen LogP contribution in [0.1, 0.15) is 12.5 Å². The highest BCUT2D eigenvalue weighted by molar-refractivity contribution is 6.33. The molecule has 12 heteroatoms. The molecule has 2 saturated heterocycles. The van der Waals surface area contributed by atoms with Gasteiger partial charge in [0.15, 0.2) is 11.6 Å². The highest BCUT2D eigenvalue weighted by Crippen LogP contribution is 2.35. The second kappa shape index (κ2) is 11.3. The van der Waals surface area contributed by atoms with E-state index in [2.05, 4.69) is 26.6 Å². The van der Waals surface area contributed by atoms with Crippen LogP contribution in [0.2, 0.25) is 5.02 Å². The molecule has 5 rings (SSSR count). The van der Waals surface area contributed by atoms with Gasteiger partial charge in [-0.05, 0) is 45.3 Å². The van der Waals surface area contributed by atoms with Crippen LogP contribution < -0.4 is 26.1 Å². The summed E-state index contributed by atoms with van der Waals surface area (Å²) in [6.07, 6.45) is 8.43. The van der Waals surface area contributed by atoms with E-state index in [1.807, 2.05) is 44.1 Å². The number of H-pyrrole nitrogens is 1. The molecule has 2 aliphatic rings. The zero-order chi connectivity index (χ0) is 28.6. The SMILES string of the molecule is C=CC(=O)N1CCN(c2nc(N3CC(N(C)C)C3)nc3c(F)c(\C=c4/c(N)n[nH]/c4=C/C=C/C)c(Cl)cc23)CC1. The molecule has 2 fully saturated rings. The summed E-state index contributed by atoms with van der Waals surface area (Å²) in [6, 6.07) is 2.07. The predicted octanol–water partition coefficient (Wildman–Crippen LogP) is 1.50. The van der Waals surface area contributed by atoms with Gasteiger partial charge in [-0.25, -0.2) is 9.37 Å². The Kier molecular flexibility index (Phi) is 7.77. The number of carbonyl (C=O) groups is 1. The van der Waals surface area contributed by atoms with Gasteiger partial charge in [-0.3, -0.25) is 9.89 Å². The van der Waals surface area contributed by atoms with Crippen LogP contribution >= 0.6 is 11.6 Å². The molecule has 3 N–H and O–H groups in total. The summed E-state index contributed by atoms with van der Waals surface area (Å²) in [5.74, 6) is 0.619. The summed E-state index contributed by atoms with van der Waals surface area (Å²) in [5.41, 5.74) is 6.45. The number of fused-ring (bicyclic) bond motifs is 1. The summed E-state index contributed by atoms with van der Waals surface area (Å²) in [4.78, 5) is 29.7. The second-order valence-electron chi connectivity index (χ2n) is 10.1. The number of piperazine rings is 1. The molecule has 1 amide bonds. The van der Waals surface area contributed by atoms with Crippen molar-refractivity contribution < 1.29 is 9.18 Å². The Balaban J connectivity index is 1.64. The van der Waals surface area contributed by atoms with Crippen molar-refractivity contribution in [1.82, 2.24) is 30.0 Å². The lowest BCUT2D eigenvalue weighted by Crippen LogP contribution is -2.58. The number of aromatic amines is 1. The van der Waals surface area contributed by atoms with Gasteiger partial charge < -0.3 is 25.3 Å². The lowest BCUT2D eigenvalue weighted by molar-refractivity contribution is -0.126. The number of nitrogen functional groups attached to an aromatic ring is 1. The first kappa shape index (κ1) is 27.6. The van der Waals surface area contributed by atoms with E-state index < -0.39 is 5.82 Å². The van der Waals surface area contributed by atoms with Crippen LogP contribution in [0, 0.1) is 5.82 Å². The topological polar surface area (TPSA) is 111 Å². The quantitative estimate of drug-likeness (QED) is 0.433. The van der Waals surface area contributed by atoms with E-state index in [9.17, 15) is 4.79 Å². The van der Waals surface area contributed by atoms with Gasteiger partial charge in [0.05, 0.1) is 10.4 Å². The second-order valence-corrected chi connectivity index (χ2v) is 10.5. The van der Waals surface area contributed by atoms with Gasteiger partial charge in [0, 0.05) is 61.5 Å². The van der Waals surface area contributed by atoms with E-state index >= 15 is 4.39 Å². The minimum Gasteiger partial charge on any atom is -0.382 e. The molecule has 1 aromatic carbocycles. The fraction of sp³-hybridized carbons (Fsp3) is 0.357. The number of rotatable bonds is 6. The van der Waals surface area contributed by atoms with Crippen molar-refractivity contribution in [3.63, 3.8) is 0 Å². The predicted molar refractivity (Wildman–Crippen MR) is 158 cm³/mol. The Hall–Kier alpha value is -3.96. The Morgan fingerprint density at radius 2 is 1.95 bits per heavy atom. The van der Waals surface area contributed by atoms with Crippen molar-refractivity contribution in [3.05, 3.63) is 57.8 Å². The Morgan fingerprint density at radius 3 is 2.60 bits per heavy atom. The van der Waals surface area contributed by atoms with Crippen LogP contribution in [0.25, 0.3) is 23.1 Å². The zero-order valence-electron chi connectivity index (χ0n) is 22.9. The van der Waals surface area contributed by atoms with E-state index in [0.29, 0.717) is 59.9 Å². The molecule has 0 unspecified atom stereocenters. The largest absolute Gasteiger partial charge is 0.382 e. The van der Waals surface area contributed by atoms with Gasteiger partial charge >= 0.3 is 0 Å². The molecule has 2 aromatic heterocycles. The highest BCUT2D eigenvalue weighted by Gasteiger charge is 2.32. The van der Waals surface area contributed by atoms with Crippen molar-refractivity contribution in [2.45, 2.75) is 13.0 Å². The molecule has 0 radical (unpaired) electrons. The standard InChI is InChI=1S/C28H33ClFN9O/c1-5-7-8-22-19(26(31)35-34-22)13-18-21(29)14-20-25(24(18)30)32-28(39-15-17(16-39)36(3)4)33-27(20)38-11-9-37(10-12-38)23(40)6-2/h5-8,13-14,17,34H,2,9-12,15-16H2,1,3-4H3,(H2,31,35)/b7-5+,19-13-,22-8+. The Morgan fingerprint density at radius 1 is 1.23 bits per heavy atom. The number of nitrogens with zero attached hydrogens (tertiary/aromatic N) is 7. The molecule has 0 bridgehead atoms. The molecule has 40 heavy (non-hydrogen) atoms. The number of allylic oxidation sites excluding steroid dienone is 2. The van der Waals surface area contributed by atoms with Crippen molar-refractivity contribution in [1.29, 1.82) is 0 Å². The average Bonchev–Trinajstić information content (AvgIpc) is 3.27. The molecule has 0 spiro atoms. The fourth-order valence-corrected chi connectivity index (χ4v) is 5.15. The van der Waals surface area contributed by atoms with E-state index in [1.165, 1.54) is 6.08 Å². The number of hydrogen-bond donors (Lipinski definition) is 2. The third kappa shape index (κ3) is 5.14. The number of likely N-dealkylation sites (N-methyl/N-ethyl adjacent to an activating group) is 1. The van der Waals surface area contributed by atoms with Gasteiger partial charge in [0.25, 0.3) is 0 Å². The van der Waals surface area contributed by atoms with E-state index in [0.717, 1.165) is 13.1 Å². The Labute approximate surface area is 236 Å². The zero-order valence-corrected chi connectivity index (χ0v) is 23.6. The molecule has 2 aliphatic heterocycles. The van der Waals surface area contributed by atoms with E-state index in [4.69, 9.17) is 27.3 Å². The normalized spacial score (nSPS) is 17.5. The highest BCUT2D eigenvalue weighted by atomic mass is 35.5. The first-order valence-corrected chi connectivity index (χ1v) is 13.5. The summed E-state index contributed by atoms with van der Waals surface area (Å²) < 4.78 is 16.4. The summed E-state index contributed by atoms with van der Waals surface area (Å²) in [5, 5.41) is 8.84. The van der Waals surface area contributed by atoms with Crippen LogP contribution in [0.15, 0.2) is 30.9 Å². The lowest BCUT2D eigenvalue weighted by atomic mass is 10.1. The van der Waals surface area contributed by atoms with Crippen LogP contribution in [0.3, 0.4) is 0 Å². The summed E-state index contributed by atoms with van der Waals surface area (Å²) in [7, 11) is 4.07. The first-order chi connectivity index (χ1) is 19.2. The molecule has 4 heterocycles. The molecule has 0 aliphatic carbocycles. The molecular weight excluding hydrogens is 533 g/mol. The van der Waals surface area contributed by atoms with Crippen LogP contribution in [-0.2, 0) is 4.79 Å². The number of carbonyl (C=O) groups excluding carboxylic acids is 1. The number of halogens is 2. The van der Waals surface area contributed by atoms with Crippen LogP contribution in [0.4, 0.5) is 22.0 Å². The van der Waals surface area contributed by atoms with E-state index in [1.54, 1.807) is 17.0 Å². The van der Waals surface area contributed by atoms with Crippen LogP contribution in [0.5, 0.6) is 0 Å². The number of amides is 1. The number of aromatic nitrogens is 4. The van der Waals surface area contributed by atoms with Gasteiger partial charge in [0.1, 0.15) is 11.3 Å². The lowest BCUT2D eigenvalue weighted by Gasteiger charge is -2.43. The van der Waals surface area contributed by atoms with Crippen molar-refractivity contribution in [2.24, 2.45) is 0 Å². The van der Waals surface area contributed by atoms with Crippen molar-refractivity contribution in [3.8, 4) is 0 Å². The molecule has 10 nitrogen and oxygen atoms in total. The maximum Gasteiger partial charge on any atom is 0.246 e. The fourth-order valence-electron chi connectivity index (χ4n) is 4.91. The maximum atomic E-state index is 16.4. The van der Waals surface area contributed by atoms with Gasteiger partial charge in [-0.1, -0.05) is 30.3 Å². The molecule has 0 saturated carbocycles. The number of anilines is 3. The van der Waals surface area contributed by atoms with Crippen LogP contribution in [-0.4, -0.2) is 95.3 Å². The van der Waals surface area contributed by atoms with Crippen molar-refractivity contribution in [2.75, 3.05) is 68.9 Å². The minimum absolute atomic E-state index is 0.109. The summed E-state index contributed by atoms with van der Waals surface area (Å²) in [6.45, 7) is 9.04. The summed E-state index contributed by atoms with van der Waals surface area (Å²) >= 11 is 6.70.